The summed E-state index contributed by atoms with van der Waals surface area (Å²) in [5, 5.41) is 10.4. The zero-order valence-corrected chi connectivity index (χ0v) is 27.4. The Morgan fingerprint density at radius 1 is 0.679 bits per heavy atom. The van der Waals surface area contributed by atoms with E-state index in [1.165, 1.54) is 46.0 Å². The minimum absolute atomic E-state index is 0. The van der Waals surface area contributed by atoms with Gasteiger partial charge in [0.1, 0.15) is 17.5 Å². The van der Waals surface area contributed by atoms with Gasteiger partial charge in [-0.2, -0.15) is 19.0 Å². The summed E-state index contributed by atoms with van der Waals surface area (Å²) in [4.78, 5) is 30.7. The zero-order chi connectivity index (χ0) is 36.2. The number of nitrogens with zero attached hydrogens (tertiary/aromatic N) is 6. The summed E-state index contributed by atoms with van der Waals surface area (Å²) in [6.07, 6.45) is 8.49. The topological polar surface area (TPSA) is 134 Å². The summed E-state index contributed by atoms with van der Waals surface area (Å²) < 4.78 is 56.1. The molecule has 8 rings (SSSR count). The number of anilines is 2. The molecule has 4 aromatic heterocycles. The van der Waals surface area contributed by atoms with E-state index in [0.29, 0.717) is 59.8 Å². The molecule has 0 saturated heterocycles. The van der Waals surface area contributed by atoms with Crippen LogP contribution in [0.25, 0.3) is 11.4 Å². The second kappa shape index (κ2) is 16.6. The van der Waals surface area contributed by atoms with Gasteiger partial charge >= 0.3 is 0 Å². The molecule has 276 valence electrons. The number of nitrogens with one attached hydrogen (secondary N) is 1. The fourth-order valence-electron chi connectivity index (χ4n) is 5.46. The van der Waals surface area contributed by atoms with Gasteiger partial charge in [-0.1, -0.05) is 51.3 Å². The molecule has 53 heavy (non-hydrogen) atoms. The Balaban J connectivity index is 0.000000190. The molecule has 0 radical (unpaired) electrons. The predicted octanol–water partition coefficient (Wildman–Crippen LogP) is 8.10. The first-order chi connectivity index (χ1) is 24.5. The first kappa shape index (κ1) is 39.9. The van der Waals surface area contributed by atoms with Crippen molar-refractivity contribution in [2.24, 2.45) is 0 Å². The monoisotopic (exact) mass is 748 g/mol. The summed E-state index contributed by atoms with van der Waals surface area (Å²) in [6, 6.07) is 21.6. The molecule has 2 fully saturated rings. The van der Waals surface area contributed by atoms with E-state index in [4.69, 9.17) is 17.3 Å². The molecule has 0 spiro atoms. The van der Waals surface area contributed by atoms with Crippen LogP contribution in [-0.2, 0) is 20.4 Å². The highest BCUT2D eigenvalue weighted by atomic mass is 35.5. The van der Waals surface area contributed by atoms with Gasteiger partial charge in [0.2, 0.25) is 23.0 Å². The lowest BCUT2D eigenvalue weighted by atomic mass is 9.94. The molecule has 0 aliphatic heterocycles. The van der Waals surface area contributed by atoms with Crippen LogP contribution in [0.2, 0.25) is 0 Å². The molecule has 2 aliphatic carbocycles. The minimum Gasteiger partial charge on any atom is -0.382 e. The summed E-state index contributed by atoms with van der Waals surface area (Å²) in [5.74, 6) is -1.44. The average molecular weight is 749 g/mol. The van der Waals surface area contributed by atoms with Gasteiger partial charge in [0.05, 0.1) is 22.2 Å². The highest BCUT2D eigenvalue weighted by Crippen LogP contribution is 2.51. The van der Waals surface area contributed by atoms with Gasteiger partial charge in [0, 0.05) is 60.2 Å². The smallest absolute Gasteiger partial charge is 0.236 e. The van der Waals surface area contributed by atoms with Crippen molar-refractivity contribution in [3.63, 3.8) is 0 Å². The average Bonchev–Trinajstić information content (AvgIpc) is 4.01. The van der Waals surface area contributed by atoms with Crippen LogP contribution in [0.3, 0.4) is 0 Å². The van der Waals surface area contributed by atoms with Gasteiger partial charge in [-0.15, -0.1) is 0 Å². The molecule has 0 bridgehead atoms. The molecule has 2 aliphatic rings. The van der Waals surface area contributed by atoms with E-state index in [-0.39, 0.29) is 32.4 Å². The molecule has 10 nitrogen and oxygen atoms in total. The van der Waals surface area contributed by atoms with E-state index >= 15 is 0 Å². The molecule has 2 saturated carbocycles. The van der Waals surface area contributed by atoms with Crippen molar-refractivity contribution in [2.45, 2.75) is 51.4 Å². The molecule has 0 atom stereocenters. The van der Waals surface area contributed by atoms with E-state index < -0.39 is 28.0 Å². The number of halogens is 5. The second-order valence-electron chi connectivity index (χ2n) is 11.9. The Morgan fingerprint density at radius 2 is 1.15 bits per heavy atom. The first-order valence-corrected chi connectivity index (χ1v) is 16.0. The van der Waals surface area contributed by atoms with E-state index in [1.54, 1.807) is 73.1 Å². The van der Waals surface area contributed by atoms with Gasteiger partial charge in [0.25, 0.3) is 0 Å². The van der Waals surface area contributed by atoms with E-state index in [9.17, 15) is 27.2 Å². The minimum atomic E-state index is -0.835. The largest absolute Gasteiger partial charge is 0.382 e. The number of nitrogens with two attached hydrogens (primary N) is 1. The normalized spacial score (nSPS) is 14.1. The second-order valence-corrected chi connectivity index (χ2v) is 12.2. The maximum Gasteiger partial charge on any atom is 0.236 e. The molecule has 4 heterocycles. The van der Waals surface area contributed by atoms with Crippen molar-refractivity contribution < 1.29 is 27.2 Å². The Kier molecular flexibility index (Phi) is 12.5. The summed E-state index contributed by atoms with van der Waals surface area (Å²) in [5.41, 5.74) is 5.80. The Hall–Kier alpha value is -5.89. The van der Waals surface area contributed by atoms with Crippen molar-refractivity contribution in [3.05, 3.63) is 144 Å². The number of nitrogen functional groups attached to an aromatic ring is 1. The molecular formula is C38H37ClF4N8O2. The number of carbonyl (C=O) groups excluding carboxylic acids is 2. The van der Waals surface area contributed by atoms with Crippen LogP contribution in [0.4, 0.5) is 29.2 Å². The van der Waals surface area contributed by atoms with Gasteiger partial charge in [-0.25, -0.2) is 28.1 Å². The predicted molar refractivity (Wildman–Crippen MR) is 195 cm³/mol. The third kappa shape index (κ3) is 8.95. The van der Waals surface area contributed by atoms with Crippen molar-refractivity contribution >= 4 is 34.4 Å². The van der Waals surface area contributed by atoms with Gasteiger partial charge in [-0.3, -0.25) is 9.59 Å². The van der Waals surface area contributed by atoms with Gasteiger partial charge in [0.15, 0.2) is 5.82 Å². The lowest BCUT2D eigenvalue weighted by Gasteiger charge is -2.15. The summed E-state index contributed by atoms with van der Waals surface area (Å²) >= 11 is 5.43. The zero-order valence-electron chi connectivity index (χ0n) is 26.7. The van der Waals surface area contributed by atoms with Crippen molar-refractivity contribution in [1.29, 1.82) is 0 Å². The number of hydrogen-bond donors (Lipinski definition) is 2. The quantitative estimate of drug-likeness (QED) is 0.0958. The number of carbonyl (C=O) groups is 2. The van der Waals surface area contributed by atoms with Crippen LogP contribution >= 0.6 is 11.6 Å². The Labute approximate surface area is 308 Å². The van der Waals surface area contributed by atoms with Crippen molar-refractivity contribution in [2.75, 3.05) is 11.1 Å². The lowest BCUT2D eigenvalue weighted by molar-refractivity contribution is -0.118. The van der Waals surface area contributed by atoms with Gasteiger partial charge < -0.3 is 11.1 Å². The van der Waals surface area contributed by atoms with Crippen LogP contribution in [0.1, 0.15) is 51.7 Å². The summed E-state index contributed by atoms with van der Waals surface area (Å²) in [6.45, 7) is 0. The number of aromatic nitrogens is 6. The Bertz CT molecular complexity index is 2200. The lowest BCUT2D eigenvalue weighted by Crippen LogP contribution is -2.29. The van der Waals surface area contributed by atoms with Crippen LogP contribution < -0.4 is 11.1 Å². The Morgan fingerprint density at radius 3 is 1.58 bits per heavy atom. The highest BCUT2D eigenvalue weighted by Gasteiger charge is 2.53. The summed E-state index contributed by atoms with van der Waals surface area (Å²) in [7, 11) is 0. The molecule has 2 aromatic carbocycles. The number of pyridine rings is 2. The first-order valence-electron chi connectivity index (χ1n) is 15.6. The molecule has 3 N–H and O–H groups in total. The standard InChI is InChI=1S/C18H14F2N4O.C10H8ClFO.C8H7FN4.2CH4/c19-14-4-2-1-3-13(14)18(7-8-18)17(25)22-16-6-10-24(23-16)12-5-9-21-15(20)11-12;11-9(13)10(5-6-10)7-3-1-2-4-8(7)12;9-7-5-6(1-3-11-7)13-4-2-8(10)12-13;;/h1-6,9-11H,7-8H2,(H,22,23,25);1-4H,5-6H2;1-5H,(H2,10,12);2*1H4. The molecule has 6 aromatic rings. The van der Waals surface area contributed by atoms with Crippen molar-refractivity contribution in [3.8, 4) is 11.4 Å². The number of rotatable bonds is 7. The molecule has 1 amide bonds. The third-order valence-corrected chi connectivity index (χ3v) is 8.84. The third-order valence-electron chi connectivity index (χ3n) is 8.48. The molecule has 0 unspecified atom stereocenters. The van der Waals surface area contributed by atoms with Crippen LogP contribution in [-0.4, -0.2) is 40.7 Å². The van der Waals surface area contributed by atoms with E-state index in [0.717, 1.165) is 0 Å². The van der Waals surface area contributed by atoms with Crippen molar-refractivity contribution in [1.82, 2.24) is 29.5 Å². The van der Waals surface area contributed by atoms with E-state index in [2.05, 4.69) is 25.5 Å². The number of hydrogen-bond acceptors (Lipinski definition) is 7. The molecule has 15 heteroatoms. The fraction of sp³-hybridized carbons (Fsp3) is 0.211. The fourth-order valence-corrected chi connectivity index (χ4v) is 5.75. The van der Waals surface area contributed by atoms with E-state index in [1.807, 2.05) is 0 Å². The SMILES string of the molecule is C.C.Nc1ccn(-c2ccnc(F)c2)n1.O=C(Cl)C1(c2ccccc2F)CC1.O=C(Nc1ccn(-c2ccnc(F)c2)n1)C1(c2ccccc2F)CC1. The maximum absolute atomic E-state index is 14.0. The molecular weight excluding hydrogens is 712 g/mol. The van der Waals surface area contributed by atoms with Gasteiger partial charge in [-0.05, 0) is 61.5 Å². The van der Waals surface area contributed by atoms with Crippen LogP contribution in [0, 0.1) is 23.5 Å². The highest BCUT2D eigenvalue weighted by molar-refractivity contribution is 6.66. The van der Waals surface area contributed by atoms with Crippen LogP contribution in [0.15, 0.2) is 110 Å². The maximum atomic E-state index is 14.0. The van der Waals surface area contributed by atoms with Crippen LogP contribution in [0.5, 0.6) is 0 Å². The number of benzene rings is 2. The number of amides is 1.